The Hall–Kier alpha value is -0.480. The molecule has 2 aliphatic rings. The average molecular weight is 149 g/mol. The molecule has 0 aromatic rings. The molecule has 2 aliphatic carbocycles. The van der Waals surface area contributed by atoms with E-state index in [0.717, 1.165) is 12.5 Å². The lowest BCUT2D eigenvalue weighted by Crippen LogP contribution is -2.50. The second-order valence-corrected chi connectivity index (χ2v) is 3.90. The van der Waals surface area contributed by atoms with Crippen molar-refractivity contribution >= 4 is 0 Å². The Morgan fingerprint density at radius 2 is 2.18 bits per heavy atom. The monoisotopic (exact) mass is 149 g/mol. The van der Waals surface area contributed by atoms with Crippen molar-refractivity contribution < 1.29 is 0 Å². The molecule has 1 nitrogen and oxygen atoms in total. The predicted molar refractivity (Wildman–Crippen MR) is 46.1 cm³/mol. The fourth-order valence-corrected chi connectivity index (χ4v) is 1.56. The molecule has 60 valence electrons. The zero-order valence-corrected chi connectivity index (χ0v) is 6.90. The van der Waals surface area contributed by atoms with E-state index in [2.05, 4.69) is 11.2 Å². The van der Waals surface area contributed by atoms with Crippen LogP contribution in [0.2, 0.25) is 0 Å². The fourth-order valence-electron chi connectivity index (χ4n) is 1.56. The van der Waals surface area contributed by atoms with Gasteiger partial charge in [-0.15, -0.1) is 6.42 Å². The summed E-state index contributed by atoms with van der Waals surface area (Å²) < 4.78 is 0. The van der Waals surface area contributed by atoms with Gasteiger partial charge in [0.05, 0.1) is 5.54 Å². The lowest BCUT2D eigenvalue weighted by molar-refractivity contribution is 0.255. The molecule has 0 radical (unpaired) electrons. The third kappa shape index (κ3) is 1.41. The Labute approximate surface area is 68.6 Å². The molecular weight excluding hydrogens is 134 g/mol. The van der Waals surface area contributed by atoms with Gasteiger partial charge in [0, 0.05) is 0 Å². The summed E-state index contributed by atoms with van der Waals surface area (Å²) in [5, 5.41) is 3.51. The van der Waals surface area contributed by atoms with Crippen LogP contribution in [0.5, 0.6) is 0 Å². The van der Waals surface area contributed by atoms with Gasteiger partial charge in [0.15, 0.2) is 0 Å². The summed E-state index contributed by atoms with van der Waals surface area (Å²) in [7, 11) is 0. The van der Waals surface area contributed by atoms with Gasteiger partial charge in [-0.2, -0.15) is 0 Å². The summed E-state index contributed by atoms with van der Waals surface area (Å²) >= 11 is 0. The van der Waals surface area contributed by atoms with E-state index in [1.54, 1.807) is 0 Å². The van der Waals surface area contributed by atoms with Gasteiger partial charge in [0.1, 0.15) is 0 Å². The summed E-state index contributed by atoms with van der Waals surface area (Å²) in [5.74, 6) is 3.83. The third-order valence-corrected chi connectivity index (χ3v) is 2.91. The molecule has 2 saturated carbocycles. The van der Waals surface area contributed by atoms with Crippen molar-refractivity contribution in [2.45, 2.75) is 37.6 Å². The topological polar surface area (TPSA) is 12.0 Å². The molecule has 0 aliphatic heterocycles. The lowest BCUT2D eigenvalue weighted by atomic mass is 9.77. The summed E-state index contributed by atoms with van der Waals surface area (Å²) in [6, 6.07) is 0. The van der Waals surface area contributed by atoms with Gasteiger partial charge < -0.3 is 5.32 Å². The van der Waals surface area contributed by atoms with E-state index in [4.69, 9.17) is 6.42 Å². The molecule has 11 heavy (non-hydrogen) atoms. The van der Waals surface area contributed by atoms with Crippen molar-refractivity contribution in [1.29, 1.82) is 0 Å². The molecule has 0 bridgehead atoms. The van der Waals surface area contributed by atoms with E-state index in [0.29, 0.717) is 0 Å². The third-order valence-electron chi connectivity index (χ3n) is 2.91. The molecule has 0 amide bonds. The highest BCUT2D eigenvalue weighted by Gasteiger charge is 2.35. The maximum absolute atomic E-state index is 5.46. The second kappa shape index (κ2) is 2.53. The number of nitrogens with one attached hydrogen (secondary N) is 1. The summed E-state index contributed by atoms with van der Waals surface area (Å²) in [4.78, 5) is 0. The van der Waals surface area contributed by atoms with E-state index in [9.17, 15) is 0 Å². The van der Waals surface area contributed by atoms with Gasteiger partial charge in [0.25, 0.3) is 0 Å². The molecule has 0 saturated heterocycles. The maximum Gasteiger partial charge on any atom is 0.0798 e. The van der Waals surface area contributed by atoms with Crippen LogP contribution in [0.1, 0.15) is 32.1 Å². The first-order valence-electron chi connectivity index (χ1n) is 4.57. The van der Waals surface area contributed by atoms with Gasteiger partial charge in [0.2, 0.25) is 0 Å². The van der Waals surface area contributed by atoms with Crippen LogP contribution >= 0.6 is 0 Å². The van der Waals surface area contributed by atoms with Gasteiger partial charge in [-0.3, -0.25) is 0 Å². The molecule has 2 rings (SSSR count). The van der Waals surface area contributed by atoms with Crippen molar-refractivity contribution in [3.05, 3.63) is 0 Å². The van der Waals surface area contributed by atoms with Crippen LogP contribution in [-0.2, 0) is 0 Å². The van der Waals surface area contributed by atoms with Crippen LogP contribution in [0.3, 0.4) is 0 Å². The van der Waals surface area contributed by atoms with Crippen LogP contribution in [0.15, 0.2) is 0 Å². The Kier molecular flexibility index (Phi) is 1.65. The molecule has 0 unspecified atom stereocenters. The largest absolute Gasteiger partial charge is 0.301 e. The molecule has 0 aromatic carbocycles. The van der Waals surface area contributed by atoms with E-state index in [1.165, 1.54) is 32.1 Å². The van der Waals surface area contributed by atoms with Crippen molar-refractivity contribution in [3.63, 3.8) is 0 Å². The van der Waals surface area contributed by atoms with E-state index in [1.807, 2.05) is 0 Å². The second-order valence-electron chi connectivity index (χ2n) is 3.90. The Balaban J connectivity index is 1.78. The minimum Gasteiger partial charge on any atom is -0.301 e. The average Bonchev–Trinajstić information content (AvgIpc) is 2.70. The summed E-state index contributed by atoms with van der Waals surface area (Å²) in [6.07, 6.45) is 12.0. The highest BCUT2D eigenvalue weighted by molar-refractivity contribution is 5.17. The standard InChI is InChI=1S/C10H15N/c1-2-10(6-3-7-10)11-8-9-4-5-9/h1,9,11H,3-8H2. The summed E-state index contributed by atoms with van der Waals surface area (Å²) in [6.45, 7) is 1.16. The van der Waals surface area contributed by atoms with Gasteiger partial charge in [-0.1, -0.05) is 5.92 Å². The number of terminal acetylenes is 1. The molecule has 1 N–H and O–H groups in total. The Morgan fingerprint density at radius 1 is 1.45 bits per heavy atom. The SMILES string of the molecule is C#CC1(NCC2CC2)CCC1. The van der Waals surface area contributed by atoms with Gasteiger partial charge in [-0.25, -0.2) is 0 Å². The minimum atomic E-state index is 0.114. The van der Waals surface area contributed by atoms with Crippen molar-refractivity contribution in [1.82, 2.24) is 5.32 Å². The quantitative estimate of drug-likeness (QED) is 0.600. The van der Waals surface area contributed by atoms with E-state index in [-0.39, 0.29) is 5.54 Å². The van der Waals surface area contributed by atoms with Crippen molar-refractivity contribution in [2.75, 3.05) is 6.54 Å². The van der Waals surface area contributed by atoms with Crippen LogP contribution in [0, 0.1) is 18.3 Å². The van der Waals surface area contributed by atoms with Crippen molar-refractivity contribution in [2.24, 2.45) is 5.92 Å². The molecule has 0 heterocycles. The first-order chi connectivity index (χ1) is 5.35. The minimum absolute atomic E-state index is 0.114. The highest BCUT2D eigenvalue weighted by atomic mass is 15.0. The molecular formula is C10H15N. The van der Waals surface area contributed by atoms with Gasteiger partial charge >= 0.3 is 0 Å². The Morgan fingerprint density at radius 3 is 2.55 bits per heavy atom. The van der Waals surface area contributed by atoms with E-state index < -0.39 is 0 Å². The van der Waals surface area contributed by atoms with Crippen LogP contribution < -0.4 is 5.32 Å². The Bertz CT molecular complexity index is 182. The summed E-state index contributed by atoms with van der Waals surface area (Å²) in [5.41, 5.74) is 0.114. The lowest BCUT2D eigenvalue weighted by Gasteiger charge is -2.38. The first kappa shape index (κ1) is 7.18. The van der Waals surface area contributed by atoms with Gasteiger partial charge in [-0.05, 0) is 44.6 Å². The number of rotatable bonds is 3. The molecule has 2 fully saturated rings. The smallest absolute Gasteiger partial charge is 0.0798 e. The highest BCUT2D eigenvalue weighted by Crippen LogP contribution is 2.33. The van der Waals surface area contributed by atoms with Crippen molar-refractivity contribution in [3.8, 4) is 12.3 Å². The molecule has 0 aromatic heterocycles. The van der Waals surface area contributed by atoms with Crippen LogP contribution in [0.25, 0.3) is 0 Å². The van der Waals surface area contributed by atoms with Crippen LogP contribution in [-0.4, -0.2) is 12.1 Å². The molecule has 0 atom stereocenters. The normalized spacial score (nSPS) is 27.2. The van der Waals surface area contributed by atoms with Crippen LogP contribution in [0.4, 0.5) is 0 Å². The number of hydrogen-bond donors (Lipinski definition) is 1. The maximum atomic E-state index is 5.46. The fraction of sp³-hybridized carbons (Fsp3) is 0.800. The molecule has 1 heteroatoms. The predicted octanol–water partition coefficient (Wildman–Crippen LogP) is 1.54. The zero-order valence-electron chi connectivity index (χ0n) is 6.90. The zero-order chi connectivity index (χ0) is 7.73. The molecule has 0 spiro atoms. The van der Waals surface area contributed by atoms with E-state index >= 15 is 0 Å². The number of hydrogen-bond acceptors (Lipinski definition) is 1. The first-order valence-corrected chi connectivity index (χ1v) is 4.57.